The van der Waals surface area contributed by atoms with Gasteiger partial charge >= 0.3 is 5.97 Å². The first kappa shape index (κ1) is 21.6. The van der Waals surface area contributed by atoms with Gasteiger partial charge in [-0.25, -0.2) is 4.79 Å². The Morgan fingerprint density at radius 2 is 1.69 bits per heavy atom. The van der Waals surface area contributed by atoms with Gasteiger partial charge in [-0.15, -0.1) is 0 Å². The van der Waals surface area contributed by atoms with E-state index in [0.29, 0.717) is 16.9 Å². The smallest absolute Gasteiger partial charge is 0.332 e. The van der Waals surface area contributed by atoms with Crippen molar-refractivity contribution in [3.05, 3.63) is 95.6 Å². The molecule has 0 unspecified atom stereocenters. The molecule has 1 heterocycles. The largest absolute Gasteiger partial charge is 0.464 e. The third-order valence-corrected chi connectivity index (χ3v) is 5.66. The number of aliphatic hydroxyl groups is 1. The number of hydrogen-bond acceptors (Lipinski definition) is 5. The van der Waals surface area contributed by atoms with E-state index < -0.39 is 23.5 Å². The van der Waals surface area contributed by atoms with Crippen LogP contribution in [0.15, 0.2) is 78.9 Å². The molecule has 0 aromatic heterocycles. The topological polar surface area (TPSA) is 78.9 Å². The highest BCUT2D eigenvalue weighted by atomic mass is 16.5. The van der Waals surface area contributed by atoms with Gasteiger partial charge in [0.05, 0.1) is 18.8 Å². The fourth-order valence-electron chi connectivity index (χ4n) is 4.04. The Morgan fingerprint density at radius 3 is 2.38 bits per heavy atom. The van der Waals surface area contributed by atoms with Gasteiger partial charge in [-0.1, -0.05) is 66.2 Å². The average molecular weight is 431 g/mol. The zero-order valence-corrected chi connectivity index (χ0v) is 18.1. The van der Waals surface area contributed by atoms with Gasteiger partial charge in [0.2, 0.25) is 5.60 Å². The molecule has 1 aliphatic heterocycles. The van der Waals surface area contributed by atoms with Crippen molar-refractivity contribution in [1.29, 1.82) is 0 Å². The summed E-state index contributed by atoms with van der Waals surface area (Å²) in [4.78, 5) is 28.2. The number of hydrogen-bond donors (Lipinski definition) is 2. The number of amides is 1. The molecule has 0 saturated heterocycles. The number of fused-ring (bicyclic) bond motifs is 1. The minimum absolute atomic E-state index is 0.130. The van der Waals surface area contributed by atoms with Crippen molar-refractivity contribution in [3.63, 3.8) is 0 Å². The Labute approximate surface area is 187 Å². The van der Waals surface area contributed by atoms with Crippen LogP contribution in [0, 0.1) is 6.92 Å². The van der Waals surface area contributed by atoms with Crippen LogP contribution in [-0.4, -0.2) is 29.6 Å². The Morgan fingerprint density at radius 1 is 1.03 bits per heavy atom. The minimum atomic E-state index is -2.12. The maximum Gasteiger partial charge on any atom is 0.332 e. The summed E-state index contributed by atoms with van der Waals surface area (Å²) in [6.07, 6.45) is 0. The van der Waals surface area contributed by atoms with Crippen LogP contribution < -0.4 is 10.2 Å². The van der Waals surface area contributed by atoms with Gasteiger partial charge < -0.3 is 20.1 Å². The zero-order valence-electron chi connectivity index (χ0n) is 18.1. The second-order valence-corrected chi connectivity index (χ2v) is 7.86. The van der Waals surface area contributed by atoms with E-state index in [0.717, 1.165) is 11.1 Å². The van der Waals surface area contributed by atoms with E-state index in [9.17, 15) is 14.7 Å². The molecule has 0 saturated carbocycles. The van der Waals surface area contributed by atoms with Crippen molar-refractivity contribution in [2.24, 2.45) is 0 Å². The van der Waals surface area contributed by atoms with Gasteiger partial charge in [0.25, 0.3) is 5.91 Å². The van der Waals surface area contributed by atoms with E-state index >= 15 is 0 Å². The molecule has 0 spiro atoms. The molecular weight excluding hydrogens is 404 g/mol. The molecule has 4 rings (SSSR count). The van der Waals surface area contributed by atoms with E-state index in [1.165, 1.54) is 4.90 Å². The van der Waals surface area contributed by atoms with Gasteiger partial charge in [0, 0.05) is 11.3 Å². The molecule has 6 nitrogen and oxygen atoms in total. The molecule has 1 aliphatic rings. The summed E-state index contributed by atoms with van der Waals surface area (Å²) in [5.41, 5.74) is 1.40. The normalized spacial score (nSPS) is 18.2. The number of ether oxygens (including phenoxy) is 1. The molecule has 3 aromatic carbocycles. The summed E-state index contributed by atoms with van der Waals surface area (Å²) in [7, 11) is 0. The highest BCUT2D eigenvalue weighted by molar-refractivity contribution is 6.10. The van der Waals surface area contributed by atoms with Crippen LogP contribution in [0.4, 0.5) is 11.4 Å². The van der Waals surface area contributed by atoms with Crippen molar-refractivity contribution in [1.82, 2.24) is 0 Å². The lowest BCUT2D eigenvalue weighted by atomic mass is 9.87. The Bertz CT molecular complexity index is 1110. The number of esters is 1. The second-order valence-electron chi connectivity index (χ2n) is 7.86. The van der Waals surface area contributed by atoms with Crippen molar-refractivity contribution < 1.29 is 19.4 Å². The molecule has 0 bridgehead atoms. The van der Waals surface area contributed by atoms with E-state index in [1.54, 1.807) is 37.3 Å². The molecule has 1 amide bonds. The SMILES string of the molecule is CCOC(=O)[C@@H](Nc1ccc(C)cc1)[C@@]1(O)C(=O)N(Cc2ccccc2)c2ccccc21. The molecule has 2 N–H and O–H groups in total. The number of anilines is 2. The average Bonchev–Trinajstić information content (AvgIpc) is 3.02. The number of carbonyl (C=O) groups excluding carboxylic acids is 2. The van der Waals surface area contributed by atoms with Crippen molar-refractivity contribution in [2.75, 3.05) is 16.8 Å². The Hall–Kier alpha value is -3.64. The van der Waals surface area contributed by atoms with Gasteiger partial charge in [-0.05, 0) is 37.6 Å². The van der Waals surface area contributed by atoms with Gasteiger partial charge in [0.15, 0.2) is 6.04 Å². The van der Waals surface area contributed by atoms with E-state index in [1.807, 2.05) is 55.5 Å². The van der Waals surface area contributed by atoms with Crippen molar-refractivity contribution in [2.45, 2.75) is 32.0 Å². The van der Waals surface area contributed by atoms with E-state index in [-0.39, 0.29) is 13.2 Å². The van der Waals surface area contributed by atoms with Crippen LogP contribution in [-0.2, 0) is 26.5 Å². The monoisotopic (exact) mass is 430 g/mol. The lowest BCUT2D eigenvalue weighted by Gasteiger charge is -2.31. The van der Waals surface area contributed by atoms with Crippen LogP contribution >= 0.6 is 0 Å². The molecule has 6 heteroatoms. The maximum absolute atomic E-state index is 13.7. The highest BCUT2D eigenvalue weighted by Crippen LogP contribution is 2.44. The lowest BCUT2D eigenvalue weighted by Crippen LogP contribution is -2.55. The Kier molecular flexibility index (Phi) is 5.97. The lowest BCUT2D eigenvalue weighted by molar-refractivity contribution is -0.156. The quantitative estimate of drug-likeness (QED) is 0.558. The first-order valence-electron chi connectivity index (χ1n) is 10.6. The third kappa shape index (κ3) is 3.85. The number of benzene rings is 3. The number of carbonyl (C=O) groups is 2. The predicted molar refractivity (Wildman–Crippen MR) is 123 cm³/mol. The maximum atomic E-state index is 13.7. The van der Waals surface area contributed by atoms with Gasteiger partial charge in [-0.3, -0.25) is 4.79 Å². The summed E-state index contributed by atoms with van der Waals surface area (Å²) in [5.74, 6) is -1.26. The summed E-state index contributed by atoms with van der Waals surface area (Å²) >= 11 is 0. The van der Waals surface area contributed by atoms with Crippen LogP contribution in [0.1, 0.15) is 23.6 Å². The molecule has 0 aliphatic carbocycles. The van der Waals surface area contributed by atoms with Crippen LogP contribution in [0.3, 0.4) is 0 Å². The highest BCUT2D eigenvalue weighted by Gasteiger charge is 2.58. The number of rotatable bonds is 7. The molecule has 0 fully saturated rings. The van der Waals surface area contributed by atoms with Crippen LogP contribution in [0.5, 0.6) is 0 Å². The first-order chi connectivity index (χ1) is 15.4. The number of nitrogens with zero attached hydrogens (tertiary/aromatic N) is 1. The molecular formula is C26H26N2O4. The van der Waals surface area contributed by atoms with Crippen molar-refractivity contribution >= 4 is 23.3 Å². The summed E-state index contributed by atoms with van der Waals surface area (Å²) < 4.78 is 5.26. The molecule has 3 aromatic rings. The summed E-state index contributed by atoms with van der Waals surface area (Å²) in [6.45, 7) is 4.05. The summed E-state index contributed by atoms with van der Waals surface area (Å²) in [6, 6.07) is 22.6. The first-order valence-corrected chi connectivity index (χ1v) is 10.6. The molecule has 164 valence electrons. The number of nitrogens with one attached hydrogen (secondary N) is 1. The second kappa shape index (κ2) is 8.85. The predicted octanol–water partition coefficient (Wildman–Crippen LogP) is 3.77. The Balaban J connectivity index is 1.77. The molecule has 32 heavy (non-hydrogen) atoms. The number of para-hydroxylation sites is 1. The fourth-order valence-corrected chi connectivity index (χ4v) is 4.04. The van der Waals surface area contributed by atoms with E-state index in [2.05, 4.69) is 5.32 Å². The minimum Gasteiger partial charge on any atom is -0.464 e. The summed E-state index contributed by atoms with van der Waals surface area (Å²) in [5, 5.41) is 14.9. The number of aryl methyl sites for hydroxylation is 1. The van der Waals surface area contributed by atoms with E-state index in [4.69, 9.17) is 4.74 Å². The standard InChI is InChI=1S/C26H26N2O4/c1-3-32-24(29)23(27-20-15-13-18(2)14-16-20)26(31)21-11-7-8-12-22(21)28(25(26)30)17-19-9-5-4-6-10-19/h4-16,23,27,31H,3,17H2,1-2H3/t23-,26-/m1/s1. The van der Waals surface area contributed by atoms with Crippen molar-refractivity contribution in [3.8, 4) is 0 Å². The third-order valence-electron chi connectivity index (χ3n) is 5.66. The van der Waals surface area contributed by atoms with Gasteiger partial charge in [0.1, 0.15) is 0 Å². The fraction of sp³-hybridized carbons (Fsp3) is 0.231. The molecule has 0 radical (unpaired) electrons. The van der Waals surface area contributed by atoms with Crippen LogP contribution in [0.25, 0.3) is 0 Å². The van der Waals surface area contributed by atoms with Crippen LogP contribution in [0.2, 0.25) is 0 Å². The zero-order chi connectivity index (χ0) is 22.7. The molecule has 2 atom stereocenters. The van der Waals surface area contributed by atoms with Gasteiger partial charge in [-0.2, -0.15) is 0 Å².